The van der Waals surface area contributed by atoms with Crippen molar-refractivity contribution in [2.24, 2.45) is 0 Å². The molecule has 0 unspecified atom stereocenters. The Balaban J connectivity index is 2.17. The first kappa shape index (κ1) is 15.3. The van der Waals surface area contributed by atoms with Gasteiger partial charge in [-0.2, -0.15) is 0 Å². The molecule has 0 saturated carbocycles. The highest BCUT2D eigenvalue weighted by Gasteiger charge is 2.21. The summed E-state index contributed by atoms with van der Waals surface area (Å²) >= 11 is 7.98. The van der Waals surface area contributed by atoms with Crippen LogP contribution in [-0.4, -0.2) is 24.0 Å². The lowest BCUT2D eigenvalue weighted by Crippen LogP contribution is -2.24. The van der Waals surface area contributed by atoms with Gasteiger partial charge in [0, 0.05) is 39.6 Å². The molecule has 1 aliphatic heterocycles. The maximum Gasteiger partial charge on any atom is 0.0643 e. The predicted molar refractivity (Wildman–Crippen MR) is 90.1 cm³/mol. The second kappa shape index (κ2) is 6.24. The van der Waals surface area contributed by atoms with Gasteiger partial charge in [0.05, 0.1) is 5.97 Å². The minimum absolute atomic E-state index is 0.770. The van der Waals surface area contributed by atoms with Crippen LogP contribution in [0.4, 0.5) is 0 Å². The molecule has 0 bridgehead atoms. The Hall–Kier alpha value is -1.62. The van der Waals surface area contributed by atoms with Crippen LogP contribution in [0.1, 0.15) is 16.0 Å². The van der Waals surface area contributed by atoms with Crippen LogP contribution in [0.5, 0.6) is 0 Å². The van der Waals surface area contributed by atoms with Crippen molar-refractivity contribution in [3.8, 4) is 0 Å². The lowest BCUT2D eigenvalue weighted by atomic mass is 10.0. The molecule has 2 heterocycles. The van der Waals surface area contributed by atoms with Crippen molar-refractivity contribution in [3.63, 3.8) is 0 Å². The van der Waals surface area contributed by atoms with Gasteiger partial charge < -0.3 is 9.90 Å². The molecule has 0 saturated heterocycles. The van der Waals surface area contributed by atoms with Gasteiger partial charge in [-0.3, -0.25) is 4.90 Å². The van der Waals surface area contributed by atoms with Crippen molar-refractivity contribution in [2.45, 2.75) is 13.0 Å². The average Bonchev–Trinajstić information content (AvgIpc) is 2.69. The quantitative estimate of drug-likeness (QED) is 0.638. The highest BCUT2D eigenvalue weighted by atomic mass is 35.5. The summed E-state index contributed by atoms with van der Waals surface area (Å²) in [5.74, 6) is -1.18. The van der Waals surface area contributed by atoms with E-state index in [-0.39, 0.29) is 0 Å². The molecule has 0 amide bonds. The maximum atomic E-state index is 10.7. The Morgan fingerprint density at radius 3 is 3.00 bits per heavy atom. The van der Waals surface area contributed by atoms with Crippen molar-refractivity contribution >= 4 is 45.1 Å². The van der Waals surface area contributed by atoms with Crippen LogP contribution in [0, 0.1) is 0 Å². The van der Waals surface area contributed by atoms with Gasteiger partial charge in [0.15, 0.2) is 0 Å². The van der Waals surface area contributed by atoms with Crippen molar-refractivity contribution in [1.29, 1.82) is 0 Å². The van der Waals surface area contributed by atoms with E-state index in [1.54, 1.807) is 17.4 Å². The summed E-state index contributed by atoms with van der Waals surface area (Å²) in [5, 5.41) is 12.7. The highest BCUT2D eigenvalue weighted by molar-refractivity contribution is 7.20. The molecule has 0 fully saturated rings. The van der Waals surface area contributed by atoms with Crippen LogP contribution in [0.2, 0.25) is 5.02 Å². The Morgan fingerprint density at radius 1 is 1.45 bits per heavy atom. The number of carbonyl (C=O) groups is 1. The van der Waals surface area contributed by atoms with Crippen molar-refractivity contribution in [1.82, 2.24) is 4.90 Å². The Bertz CT molecular complexity index is 779. The molecule has 0 spiro atoms. The number of halogens is 1. The SMILES string of the molecule is C=CCN1CCc2c(Cl)ccc3sc(/C=C/C(=O)[O-])c(c23)C1. The first-order chi connectivity index (χ1) is 10.6. The number of rotatable bonds is 4. The van der Waals surface area contributed by atoms with Crippen molar-refractivity contribution in [3.05, 3.63) is 51.9 Å². The van der Waals surface area contributed by atoms with E-state index in [1.807, 2.05) is 18.2 Å². The van der Waals surface area contributed by atoms with Gasteiger partial charge in [0.25, 0.3) is 0 Å². The third kappa shape index (κ3) is 2.82. The molecule has 0 aliphatic carbocycles. The molecular weight excluding hydrogens is 318 g/mol. The van der Waals surface area contributed by atoms with E-state index < -0.39 is 5.97 Å². The number of hydrogen-bond donors (Lipinski definition) is 0. The molecule has 3 rings (SSSR count). The standard InChI is InChI=1S/C17H16ClNO2S/c1-2-8-19-9-7-11-13(18)3-4-15-17(11)12(10-19)14(22-15)5-6-16(20)21/h2-6H,1,7-10H2,(H,20,21)/p-1/b6-5+. The third-order valence-electron chi connectivity index (χ3n) is 3.85. The lowest BCUT2D eigenvalue weighted by Gasteiger charge is -2.18. The van der Waals surface area contributed by atoms with Crippen LogP contribution < -0.4 is 5.11 Å². The third-order valence-corrected chi connectivity index (χ3v) is 5.37. The Labute approximate surface area is 138 Å². The van der Waals surface area contributed by atoms with Crippen LogP contribution in [0.15, 0.2) is 30.9 Å². The van der Waals surface area contributed by atoms with E-state index in [0.29, 0.717) is 0 Å². The van der Waals surface area contributed by atoms with Gasteiger partial charge in [0.2, 0.25) is 0 Å². The van der Waals surface area contributed by atoms with Gasteiger partial charge in [-0.25, -0.2) is 0 Å². The number of thiophene rings is 1. The highest BCUT2D eigenvalue weighted by Crippen LogP contribution is 2.40. The van der Waals surface area contributed by atoms with E-state index >= 15 is 0 Å². The van der Waals surface area contributed by atoms with Crippen molar-refractivity contribution in [2.75, 3.05) is 13.1 Å². The van der Waals surface area contributed by atoms with E-state index in [1.165, 1.54) is 5.39 Å². The van der Waals surface area contributed by atoms with E-state index in [0.717, 1.165) is 57.9 Å². The van der Waals surface area contributed by atoms with Gasteiger partial charge in [0.1, 0.15) is 0 Å². The minimum Gasteiger partial charge on any atom is -0.545 e. The number of hydrogen-bond acceptors (Lipinski definition) is 4. The number of aliphatic carboxylic acids is 1. The predicted octanol–water partition coefficient (Wildman–Crippen LogP) is 2.86. The molecule has 3 nitrogen and oxygen atoms in total. The number of benzene rings is 1. The molecule has 0 radical (unpaired) electrons. The largest absolute Gasteiger partial charge is 0.545 e. The molecule has 0 N–H and O–H groups in total. The first-order valence-corrected chi connectivity index (χ1v) is 8.24. The zero-order chi connectivity index (χ0) is 15.7. The number of carboxylic acids is 1. The molecule has 1 aromatic heterocycles. The molecule has 1 aliphatic rings. The fourth-order valence-corrected chi connectivity index (χ4v) is 4.31. The fraction of sp³-hybridized carbons (Fsp3) is 0.235. The second-order valence-electron chi connectivity index (χ2n) is 5.27. The molecule has 1 aromatic carbocycles. The molecular formula is C17H15ClNO2S-. The molecule has 2 aromatic rings. The normalized spacial score (nSPS) is 15.3. The van der Waals surface area contributed by atoms with Gasteiger partial charge in [-0.05, 0) is 41.8 Å². The fourth-order valence-electron chi connectivity index (χ4n) is 2.91. The molecule has 114 valence electrons. The summed E-state index contributed by atoms with van der Waals surface area (Å²) < 4.78 is 1.15. The molecule has 22 heavy (non-hydrogen) atoms. The summed E-state index contributed by atoms with van der Waals surface area (Å²) in [5.41, 5.74) is 2.31. The summed E-state index contributed by atoms with van der Waals surface area (Å²) in [7, 11) is 0. The second-order valence-corrected chi connectivity index (χ2v) is 6.76. The van der Waals surface area contributed by atoms with Gasteiger partial charge in [-0.1, -0.05) is 17.7 Å². The van der Waals surface area contributed by atoms with Crippen LogP contribution in [0.3, 0.4) is 0 Å². The van der Waals surface area contributed by atoms with Gasteiger partial charge >= 0.3 is 0 Å². The summed E-state index contributed by atoms with van der Waals surface area (Å²) in [6, 6.07) is 3.93. The summed E-state index contributed by atoms with van der Waals surface area (Å²) in [6.45, 7) is 6.28. The van der Waals surface area contributed by atoms with Crippen molar-refractivity contribution < 1.29 is 9.90 Å². The maximum absolute atomic E-state index is 10.7. The lowest BCUT2D eigenvalue weighted by molar-refractivity contribution is -0.297. The Morgan fingerprint density at radius 2 is 2.27 bits per heavy atom. The van der Waals surface area contributed by atoms with Crippen LogP contribution >= 0.6 is 22.9 Å². The topological polar surface area (TPSA) is 43.4 Å². The zero-order valence-electron chi connectivity index (χ0n) is 12.0. The van der Waals surface area contributed by atoms with Crippen LogP contribution in [0.25, 0.3) is 16.2 Å². The van der Waals surface area contributed by atoms with Gasteiger partial charge in [-0.15, -0.1) is 17.9 Å². The van der Waals surface area contributed by atoms with E-state index in [9.17, 15) is 9.90 Å². The number of carboxylic acid groups (broad SMARTS) is 1. The number of nitrogens with zero attached hydrogens (tertiary/aromatic N) is 1. The summed E-state index contributed by atoms with van der Waals surface area (Å²) in [4.78, 5) is 14.0. The summed E-state index contributed by atoms with van der Waals surface area (Å²) in [6.07, 6.45) is 5.49. The Kier molecular flexibility index (Phi) is 4.34. The van der Waals surface area contributed by atoms with E-state index in [2.05, 4.69) is 11.5 Å². The molecule has 5 heteroatoms. The zero-order valence-corrected chi connectivity index (χ0v) is 13.5. The molecule has 0 atom stereocenters. The monoisotopic (exact) mass is 332 g/mol. The van der Waals surface area contributed by atoms with E-state index in [4.69, 9.17) is 11.6 Å². The minimum atomic E-state index is -1.18. The average molecular weight is 333 g/mol. The van der Waals surface area contributed by atoms with Crippen LogP contribution in [-0.2, 0) is 17.8 Å². The number of carbonyl (C=O) groups excluding carboxylic acids is 1. The smallest absolute Gasteiger partial charge is 0.0643 e. The first-order valence-electron chi connectivity index (χ1n) is 7.05.